The number of carbonyl (C=O) groups is 2. The molecule has 0 spiro atoms. The molecule has 5 nitrogen and oxygen atoms in total. The van der Waals surface area contributed by atoms with Gasteiger partial charge in [-0.25, -0.2) is 0 Å². The Hall–Kier alpha value is -2.56. The highest BCUT2D eigenvalue weighted by Gasteiger charge is 2.16. The van der Waals surface area contributed by atoms with Gasteiger partial charge < -0.3 is 15.1 Å². The Morgan fingerprint density at radius 2 is 1.87 bits per heavy atom. The molecule has 1 amide bonds. The first-order chi connectivity index (χ1) is 10.9. The third-order valence-corrected chi connectivity index (χ3v) is 3.92. The summed E-state index contributed by atoms with van der Waals surface area (Å²) in [6.07, 6.45) is 1.62. The normalized spacial score (nSPS) is 11.7. The fourth-order valence-corrected chi connectivity index (χ4v) is 2.52. The van der Waals surface area contributed by atoms with Gasteiger partial charge >= 0.3 is 0 Å². The second-order valence-corrected chi connectivity index (χ2v) is 5.45. The number of fused-ring (bicyclic) bond motifs is 1. The van der Waals surface area contributed by atoms with E-state index in [1.807, 2.05) is 32.9 Å². The van der Waals surface area contributed by atoms with Crippen molar-refractivity contribution in [1.29, 1.82) is 0 Å². The molecule has 0 saturated heterocycles. The maximum absolute atomic E-state index is 12.2. The van der Waals surface area contributed by atoms with Crippen LogP contribution in [0.25, 0.3) is 16.5 Å². The third-order valence-electron chi connectivity index (χ3n) is 3.92. The minimum atomic E-state index is -0.204. The summed E-state index contributed by atoms with van der Waals surface area (Å²) in [6, 6.07) is 5.48. The molecular weight excluding hydrogens is 292 g/mol. The summed E-state index contributed by atoms with van der Waals surface area (Å²) >= 11 is 0. The van der Waals surface area contributed by atoms with Crippen LogP contribution in [0.3, 0.4) is 0 Å². The zero-order chi connectivity index (χ0) is 17.1. The van der Waals surface area contributed by atoms with Crippen LogP contribution in [0.5, 0.6) is 0 Å². The summed E-state index contributed by atoms with van der Waals surface area (Å²) in [5, 5.41) is 0.690. The number of ketones is 1. The number of allylic oxidation sites excluding steroid dienone is 1. The van der Waals surface area contributed by atoms with Crippen molar-refractivity contribution in [2.75, 3.05) is 18.8 Å². The highest BCUT2D eigenvalue weighted by Crippen LogP contribution is 2.31. The van der Waals surface area contributed by atoms with Crippen LogP contribution in [-0.4, -0.2) is 29.7 Å². The van der Waals surface area contributed by atoms with E-state index in [9.17, 15) is 9.59 Å². The molecule has 2 rings (SSSR count). The molecule has 0 fully saturated rings. The van der Waals surface area contributed by atoms with Crippen molar-refractivity contribution in [3.63, 3.8) is 0 Å². The minimum Gasteiger partial charge on any atom is -0.451 e. The van der Waals surface area contributed by atoms with Gasteiger partial charge in [0.15, 0.2) is 11.5 Å². The number of amides is 1. The van der Waals surface area contributed by atoms with Gasteiger partial charge in [0.05, 0.1) is 5.69 Å². The predicted octanol–water partition coefficient (Wildman–Crippen LogP) is 3.49. The number of benzene rings is 1. The Balaban J connectivity index is 2.42. The standard InChI is InChI=1S/C18H22N2O3/c1-5-20(6-2)16(22)9-11(3)13-7-8-15-14(10-13)17(19)18(23-15)12(4)21/h7-10H,5-6,19H2,1-4H3/b11-9+. The number of likely N-dealkylation sites (N-methyl/N-ethyl adjacent to an activating group) is 1. The summed E-state index contributed by atoms with van der Waals surface area (Å²) in [5.74, 6) is -0.0422. The molecule has 1 heterocycles. The van der Waals surface area contributed by atoms with Crippen molar-refractivity contribution in [1.82, 2.24) is 4.90 Å². The predicted molar refractivity (Wildman–Crippen MR) is 92.2 cm³/mol. The lowest BCUT2D eigenvalue weighted by molar-refractivity contribution is -0.125. The first kappa shape index (κ1) is 16.8. The van der Waals surface area contributed by atoms with Crippen LogP contribution < -0.4 is 5.73 Å². The van der Waals surface area contributed by atoms with E-state index in [4.69, 9.17) is 10.2 Å². The molecule has 0 saturated carbocycles. The number of hydrogen-bond acceptors (Lipinski definition) is 4. The molecule has 0 aliphatic carbocycles. The van der Waals surface area contributed by atoms with Gasteiger partial charge in [-0.1, -0.05) is 6.07 Å². The molecule has 122 valence electrons. The van der Waals surface area contributed by atoms with E-state index in [2.05, 4.69) is 0 Å². The molecule has 0 aliphatic heterocycles. The fraction of sp³-hybridized carbons (Fsp3) is 0.333. The van der Waals surface area contributed by atoms with E-state index in [1.54, 1.807) is 17.0 Å². The zero-order valence-electron chi connectivity index (χ0n) is 14.0. The number of anilines is 1. The van der Waals surface area contributed by atoms with Gasteiger partial charge in [0, 0.05) is 31.5 Å². The van der Waals surface area contributed by atoms with Crippen LogP contribution >= 0.6 is 0 Å². The summed E-state index contributed by atoms with van der Waals surface area (Å²) in [5.41, 5.74) is 8.62. The van der Waals surface area contributed by atoms with Crippen molar-refractivity contribution in [2.45, 2.75) is 27.7 Å². The highest BCUT2D eigenvalue weighted by atomic mass is 16.3. The number of hydrogen-bond donors (Lipinski definition) is 1. The molecule has 5 heteroatoms. The van der Waals surface area contributed by atoms with Crippen molar-refractivity contribution in [3.8, 4) is 0 Å². The lowest BCUT2D eigenvalue weighted by Crippen LogP contribution is -2.28. The van der Waals surface area contributed by atoms with E-state index in [-0.39, 0.29) is 17.5 Å². The van der Waals surface area contributed by atoms with Gasteiger partial charge in [0.1, 0.15) is 5.58 Å². The fourth-order valence-electron chi connectivity index (χ4n) is 2.52. The number of carbonyl (C=O) groups excluding carboxylic acids is 2. The lowest BCUT2D eigenvalue weighted by atomic mass is 10.0. The average molecular weight is 314 g/mol. The Bertz CT molecular complexity index is 783. The summed E-state index contributed by atoms with van der Waals surface area (Å²) in [7, 11) is 0. The molecular formula is C18H22N2O3. The zero-order valence-corrected chi connectivity index (χ0v) is 14.0. The van der Waals surface area contributed by atoms with E-state index >= 15 is 0 Å². The Morgan fingerprint density at radius 1 is 1.22 bits per heavy atom. The summed E-state index contributed by atoms with van der Waals surface area (Å²) in [6.45, 7) is 8.55. The smallest absolute Gasteiger partial charge is 0.246 e. The van der Waals surface area contributed by atoms with Gasteiger partial charge in [-0.05, 0) is 44.0 Å². The SMILES string of the molecule is CCN(CC)C(=O)/C=C(\C)c1ccc2oc(C(C)=O)c(N)c2c1. The molecule has 0 radical (unpaired) electrons. The maximum atomic E-state index is 12.2. The second kappa shape index (κ2) is 6.69. The molecule has 2 aromatic rings. The van der Waals surface area contributed by atoms with Gasteiger partial charge in [-0.2, -0.15) is 0 Å². The number of nitrogens with zero attached hydrogens (tertiary/aromatic N) is 1. The van der Waals surface area contributed by atoms with E-state index in [0.717, 1.165) is 11.1 Å². The quantitative estimate of drug-likeness (QED) is 0.677. The molecule has 0 unspecified atom stereocenters. The Kier molecular flexibility index (Phi) is 4.89. The minimum absolute atomic E-state index is 0.0165. The largest absolute Gasteiger partial charge is 0.451 e. The number of Topliss-reactive ketones (excluding diaryl/α,β-unsaturated/α-hetero) is 1. The topological polar surface area (TPSA) is 76.5 Å². The third kappa shape index (κ3) is 3.28. The molecule has 1 aromatic carbocycles. The lowest BCUT2D eigenvalue weighted by Gasteiger charge is -2.16. The molecule has 23 heavy (non-hydrogen) atoms. The number of nitrogen functional groups attached to an aromatic ring is 1. The maximum Gasteiger partial charge on any atom is 0.246 e. The van der Waals surface area contributed by atoms with Crippen molar-refractivity contribution >= 4 is 33.9 Å². The first-order valence-electron chi connectivity index (χ1n) is 7.69. The van der Waals surface area contributed by atoms with Crippen molar-refractivity contribution in [2.24, 2.45) is 0 Å². The molecule has 0 aliphatic rings. The van der Waals surface area contributed by atoms with Crippen LogP contribution in [-0.2, 0) is 4.79 Å². The molecule has 0 atom stereocenters. The van der Waals surface area contributed by atoms with Crippen LogP contribution in [0.2, 0.25) is 0 Å². The molecule has 2 N–H and O–H groups in total. The molecule has 1 aromatic heterocycles. The van der Waals surface area contributed by atoms with Gasteiger partial charge in [0.2, 0.25) is 5.91 Å². The van der Waals surface area contributed by atoms with Crippen LogP contribution in [0.15, 0.2) is 28.7 Å². The van der Waals surface area contributed by atoms with Crippen molar-refractivity contribution < 1.29 is 14.0 Å². The average Bonchev–Trinajstić information content (AvgIpc) is 2.85. The van der Waals surface area contributed by atoms with Gasteiger partial charge in [-0.15, -0.1) is 0 Å². The van der Waals surface area contributed by atoms with Gasteiger partial charge in [0.25, 0.3) is 0 Å². The highest BCUT2D eigenvalue weighted by molar-refractivity contribution is 6.06. The van der Waals surface area contributed by atoms with E-state index in [0.29, 0.717) is 29.7 Å². The van der Waals surface area contributed by atoms with E-state index < -0.39 is 0 Å². The van der Waals surface area contributed by atoms with Crippen LogP contribution in [0, 0.1) is 0 Å². The van der Waals surface area contributed by atoms with Crippen LogP contribution in [0.4, 0.5) is 5.69 Å². The van der Waals surface area contributed by atoms with E-state index in [1.165, 1.54) is 6.92 Å². The van der Waals surface area contributed by atoms with Gasteiger partial charge in [-0.3, -0.25) is 9.59 Å². The Morgan fingerprint density at radius 3 is 2.43 bits per heavy atom. The monoisotopic (exact) mass is 314 g/mol. The van der Waals surface area contributed by atoms with Crippen molar-refractivity contribution in [3.05, 3.63) is 35.6 Å². The second-order valence-electron chi connectivity index (χ2n) is 5.45. The van der Waals surface area contributed by atoms with Crippen LogP contribution in [0.1, 0.15) is 43.8 Å². The Labute approximate surface area is 135 Å². The molecule has 0 bridgehead atoms. The first-order valence-corrected chi connectivity index (χ1v) is 7.69. The number of nitrogens with two attached hydrogens (primary N) is 1. The summed E-state index contributed by atoms with van der Waals surface area (Å²) in [4.78, 5) is 25.4. The number of furan rings is 1. The number of rotatable bonds is 5. The summed E-state index contributed by atoms with van der Waals surface area (Å²) < 4.78 is 5.48.